The molecule has 0 spiro atoms. The highest BCUT2D eigenvalue weighted by Gasteiger charge is 2.20. The highest BCUT2D eigenvalue weighted by atomic mass is 16.5. The van der Waals surface area contributed by atoms with Crippen LogP contribution in [-0.2, 0) is 10.2 Å². The predicted octanol–water partition coefficient (Wildman–Crippen LogP) is 5.04. The molecule has 1 aromatic carbocycles. The summed E-state index contributed by atoms with van der Waals surface area (Å²) in [5, 5.41) is 9.07. The van der Waals surface area contributed by atoms with Crippen molar-refractivity contribution < 1.29 is 14.6 Å². The van der Waals surface area contributed by atoms with E-state index in [1.54, 1.807) is 0 Å². The van der Waals surface area contributed by atoms with E-state index >= 15 is 0 Å². The third-order valence-corrected chi connectivity index (χ3v) is 3.44. The molecule has 1 rings (SSSR count). The van der Waals surface area contributed by atoms with Gasteiger partial charge in [0.05, 0.1) is 6.61 Å². The molecule has 0 bridgehead atoms. The summed E-state index contributed by atoms with van der Waals surface area (Å²) in [4.78, 5) is 11.0. The number of carbonyl (C=O) groups is 1. The van der Waals surface area contributed by atoms with Crippen LogP contribution in [0.4, 0.5) is 0 Å². The molecule has 22 heavy (non-hydrogen) atoms. The molecule has 0 saturated carbocycles. The molecule has 0 aliphatic rings. The lowest BCUT2D eigenvalue weighted by atomic mass is 9.84. The van der Waals surface area contributed by atoms with Gasteiger partial charge in [-0.1, -0.05) is 47.1 Å². The second-order valence-electron chi connectivity index (χ2n) is 6.57. The summed E-state index contributed by atoms with van der Waals surface area (Å²) in [6, 6.07) is 6.01. The maximum Gasteiger partial charge on any atom is 0.328 e. The van der Waals surface area contributed by atoms with Crippen molar-refractivity contribution >= 4 is 11.5 Å². The summed E-state index contributed by atoms with van der Waals surface area (Å²) in [5.74, 6) is -0.00339. The normalized spacial score (nSPS) is 12.3. The van der Waals surface area contributed by atoms with Crippen molar-refractivity contribution in [1.29, 1.82) is 0 Å². The van der Waals surface area contributed by atoms with Crippen LogP contribution in [0.5, 0.6) is 5.75 Å². The van der Waals surface area contributed by atoms with Crippen molar-refractivity contribution in [3.8, 4) is 5.75 Å². The monoisotopic (exact) mass is 304 g/mol. The molecule has 3 heteroatoms. The van der Waals surface area contributed by atoms with Gasteiger partial charge in [0.2, 0.25) is 0 Å². The maximum absolute atomic E-state index is 11.0. The quantitative estimate of drug-likeness (QED) is 0.718. The Bertz CT molecular complexity index is 536. The highest BCUT2D eigenvalue weighted by molar-refractivity contribution is 5.90. The average Bonchev–Trinajstić information content (AvgIpc) is 2.43. The molecule has 0 aliphatic heterocycles. The number of allylic oxidation sites excluding steroid dienone is 1. The second kappa shape index (κ2) is 8.02. The lowest BCUT2D eigenvalue weighted by Gasteiger charge is -2.24. The zero-order valence-electron chi connectivity index (χ0n) is 14.4. The smallest absolute Gasteiger partial charge is 0.328 e. The fraction of sp³-hybridized carbons (Fsp3) is 0.526. The molecule has 3 nitrogen and oxygen atoms in total. The van der Waals surface area contributed by atoms with Gasteiger partial charge >= 0.3 is 5.97 Å². The molecule has 0 atom stereocenters. The van der Waals surface area contributed by atoms with Gasteiger partial charge in [-0.3, -0.25) is 0 Å². The predicted molar refractivity (Wildman–Crippen MR) is 91.4 cm³/mol. The Morgan fingerprint density at radius 3 is 2.41 bits per heavy atom. The Kier molecular flexibility index (Phi) is 6.66. The van der Waals surface area contributed by atoms with Crippen LogP contribution in [0, 0.1) is 0 Å². The van der Waals surface area contributed by atoms with Crippen molar-refractivity contribution in [3.05, 3.63) is 35.4 Å². The van der Waals surface area contributed by atoms with E-state index in [0.717, 1.165) is 41.7 Å². The summed E-state index contributed by atoms with van der Waals surface area (Å²) in [7, 11) is 0. The lowest BCUT2D eigenvalue weighted by molar-refractivity contribution is -0.131. The number of carboxylic acid groups (broad SMARTS) is 1. The van der Waals surface area contributed by atoms with E-state index in [0.29, 0.717) is 6.61 Å². The molecule has 0 amide bonds. The Balaban J connectivity index is 3.30. The Morgan fingerprint density at radius 2 is 1.91 bits per heavy atom. The minimum absolute atomic E-state index is 0.0559. The summed E-state index contributed by atoms with van der Waals surface area (Å²) < 4.78 is 5.85. The minimum Gasteiger partial charge on any atom is -0.493 e. The van der Waals surface area contributed by atoms with Gasteiger partial charge in [0.25, 0.3) is 0 Å². The third kappa shape index (κ3) is 5.21. The van der Waals surface area contributed by atoms with Crippen LogP contribution < -0.4 is 4.74 Å². The summed E-state index contributed by atoms with van der Waals surface area (Å²) in [6.07, 6.45) is 3.95. The van der Waals surface area contributed by atoms with E-state index in [4.69, 9.17) is 9.84 Å². The van der Waals surface area contributed by atoms with Crippen molar-refractivity contribution in [2.75, 3.05) is 6.61 Å². The number of hydrogen-bond donors (Lipinski definition) is 1. The number of hydrogen-bond acceptors (Lipinski definition) is 2. The molecular formula is C19H28O3. The molecule has 1 N–H and O–H groups in total. The van der Waals surface area contributed by atoms with Crippen LogP contribution in [0.15, 0.2) is 24.3 Å². The average molecular weight is 304 g/mol. The van der Waals surface area contributed by atoms with E-state index in [-0.39, 0.29) is 5.41 Å². The first-order chi connectivity index (χ1) is 10.3. The lowest BCUT2D eigenvalue weighted by Crippen LogP contribution is -2.14. The first kappa shape index (κ1) is 18.3. The van der Waals surface area contributed by atoms with Crippen LogP contribution in [0.3, 0.4) is 0 Å². The molecule has 122 valence electrons. The zero-order chi connectivity index (χ0) is 16.8. The van der Waals surface area contributed by atoms with Gasteiger partial charge in [0.1, 0.15) is 5.75 Å². The first-order valence-electron chi connectivity index (χ1n) is 8.00. The molecule has 0 unspecified atom stereocenters. The molecule has 1 aromatic rings. The summed E-state index contributed by atoms with van der Waals surface area (Å²) in [5.41, 5.74) is 2.89. The fourth-order valence-corrected chi connectivity index (χ4v) is 2.37. The molecule has 0 radical (unpaired) electrons. The van der Waals surface area contributed by atoms with Crippen molar-refractivity contribution in [3.63, 3.8) is 0 Å². The third-order valence-electron chi connectivity index (χ3n) is 3.44. The highest BCUT2D eigenvalue weighted by Crippen LogP contribution is 2.34. The van der Waals surface area contributed by atoms with Crippen molar-refractivity contribution in [2.24, 2.45) is 0 Å². The number of benzene rings is 1. The van der Waals surface area contributed by atoms with E-state index in [2.05, 4.69) is 40.7 Å². The van der Waals surface area contributed by atoms with Crippen molar-refractivity contribution in [1.82, 2.24) is 0 Å². The van der Waals surface area contributed by atoms with Crippen LogP contribution in [0.25, 0.3) is 5.57 Å². The molecular weight excluding hydrogens is 276 g/mol. The SMILES string of the molecule is CCCOc1ccc(/C(=C/C(=O)O)CCC)cc1C(C)(C)C. The summed E-state index contributed by atoms with van der Waals surface area (Å²) >= 11 is 0. The first-order valence-corrected chi connectivity index (χ1v) is 8.00. The second-order valence-corrected chi connectivity index (χ2v) is 6.57. The van der Waals surface area contributed by atoms with E-state index < -0.39 is 5.97 Å². The minimum atomic E-state index is -0.896. The molecule has 0 fully saturated rings. The van der Waals surface area contributed by atoms with E-state index in [1.807, 2.05) is 12.1 Å². The van der Waals surface area contributed by atoms with E-state index in [9.17, 15) is 4.79 Å². The van der Waals surface area contributed by atoms with Crippen molar-refractivity contribution in [2.45, 2.75) is 59.3 Å². The molecule has 0 saturated heterocycles. The van der Waals surface area contributed by atoms with Crippen LogP contribution in [0.2, 0.25) is 0 Å². The van der Waals surface area contributed by atoms with Gasteiger partial charge in [-0.2, -0.15) is 0 Å². The topological polar surface area (TPSA) is 46.5 Å². The number of aliphatic carboxylic acids is 1. The summed E-state index contributed by atoms with van der Waals surface area (Å²) in [6.45, 7) is 11.3. The maximum atomic E-state index is 11.0. The number of rotatable bonds is 7. The zero-order valence-corrected chi connectivity index (χ0v) is 14.4. The van der Waals surface area contributed by atoms with Gasteiger partial charge < -0.3 is 9.84 Å². The largest absolute Gasteiger partial charge is 0.493 e. The molecule has 0 aliphatic carbocycles. The fourth-order valence-electron chi connectivity index (χ4n) is 2.37. The van der Waals surface area contributed by atoms with Crippen LogP contribution >= 0.6 is 0 Å². The van der Waals surface area contributed by atoms with E-state index in [1.165, 1.54) is 6.08 Å². The molecule has 0 heterocycles. The standard InChI is InChI=1S/C19H28O3/c1-6-8-14(13-18(20)21)15-9-10-17(22-11-7-2)16(12-15)19(3,4)5/h9-10,12-13H,6-8,11H2,1-5H3,(H,20,21)/b14-13+. The number of ether oxygens (including phenoxy) is 1. The Hall–Kier alpha value is -1.77. The van der Waals surface area contributed by atoms with Gasteiger partial charge in [0.15, 0.2) is 0 Å². The molecule has 0 aromatic heterocycles. The van der Waals surface area contributed by atoms with Crippen LogP contribution in [0.1, 0.15) is 65.0 Å². The Labute approximate surface area is 134 Å². The van der Waals surface area contributed by atoms with Crippen LogP contribution in [-0.4, -0.2) is 17.7 Å². The number of carboxylic acids is 1. The Morgan fingerprint density at radius 1 is 1.23 bits per heavy atom. The van der Waals surface area contributed by atoms with Gasteiger partial charge in [-0.25, -0.2) is 4.79 Å². The van der Waals surface area contributed by atoms with Gasteiger partial charge in [0, 0.05) is 11.6 Å². The van der Waals surface area contributed by atoms with Gasteiger partial charge in [-0.05, 0) is 41.5 Å². The van der Waals surface area contributed by atoms with Gasteiger partial charge in [-0.15, -0.1) is 0 Å².